The Hall–Kier alpha value is -0.980. The highest BCUT2D eigenvalue weighted by Crippen LogP contribution is 2.28. The zero-order valence-electron chi connectivity index (χ0n) is 10.7. The number of rotatable bonds is 4. The molecule has 0 saturated heterocycles. The molecule has 3 nitrogen and oxygen atoms in total. The van der Waals surface area contributed by atoms with Crippen LogP contribution < -0.4 is 10.5 Å². The number of hydrogen-bond acceptors (Lipinski definition) is 3. The van der Waals surface area contributed by atoms with E-state index in [-0.39, 0.29) is 11.6 Å². The van der Waals surface area contributed by atoms with Gasteiger partial charge >= 0.3 is 0 Å². The van der Waals surface area contributed by atoms with Crippen LogP contribution in [0.5, 0.6) is 5.75 Å². The van der Waals surface area contributed by atoms with Crippen LogP contribution in [-0.2, 0) is 6.42 Å². The molecule has 1 unspecified atom stereocenters. The molecule has 20 heavy (non-hydrogen) atoms. The van der Waals surface area contributed by atoms with Crippen LogP contribution in [0.3, 0.4) is 0 Å². The van der Waals surface area contributed by atoms with Gasteiger partial charge in [-0.15, -0.1) is 0 Å². The first-order valence-electron chi connectivity index (χ1n) is 5.90. The largest absolute Gasteiger partial charge is 0.494 e. The highest BCUT2D eigenvalue weighted by molar-refractivity contribution is 9.11. The first-order valence-corrected chi connectivity index (χ1v) is 7.49. The molecule has 1 atom stereocenters. The Morgan fingerprint density at radius 1 is 1.40 bits per heavy atom. The van der Waals surface area contributed by atoms with Gasteiger partial charge in [0.25, 0.3) is 0 Å². The van der Waals surface area contributed by atoms with Gasteiger partial charge in [-0.3, -0.25) is 4.98 Å². The molecule has 106 valence electrons. The van der Waals surface area contributed by atoms with E-state index in [4.69, 9.17) is 10.5 Å². The molecule has 0 spiro atoms. The van der Waals surface area contributed by atoms with Crippen molar-refractivity contribution in [3.05, 3.63) is 56.5 Å². The van der Waals surface area contributed by atoms with Crippen LogP contribution in [0.4, 0.5) is 4.39 Å². The van der Waals surface area contributed by atoms with Gasteiger partial charge in [-0.05, 0) is 56.0 Å². The number of pyridine rings is 1. The number of halogens is 3. The maximum Gasteiger partial charge on any atom is 0.168 e. The average Bonchev–Trinajstić information content (AvgIpc) is 2.41. The van der Waals surface area contributed by atoms with Crippen LogP contribution in [0.1, 0.15) is 17.3 Å². The van der Waals surface area contributed by atoms with Crippen LogP contribution in [0.25, 0.3) is 0 Å². The van der Waals surface area contributed by atoms with Crippen molar-refractivity contribution in [1.29, 1.82) is 0 Å². The fraction of sp³-hybridized carbons (Fsp3) is 0.214. The molecule has 0 saturated carbocycles. The summed E-state index contributed by atoms with van der Waals surface area (Å²) in [5.41, 5.74) is 7.32. The molecule has 0 fully saturated rings. The van der Waals surface area contributed by atoms with Gasteiger partial charge < -0.3 is 10.5 Å². The van der Waals surface area contributed by atoms with E-state index in [1.807, 2.05) is 6.07 Å². The van der Waals surface area contributed by atoms with Crippen molar-refractivity contribution in [3.8, 4) is 5.75 Å². The molecular weight excluding hydrogens is 391 g/mol. The Morgan fingerprint density at radius 3 is 2.80 bits per heavy atom. The van der Waals surface area contributed by atoms with Crippen LogP contribution in [-0.4, -0.2) is 12.1 Å². The third-order valence-electron chi connectivity index (χ3n) is 2.89. The van der Waals surface area contributed by atoms with Gasteiger partial charge in [0.2, 0.25) is 0 Å². The van der Waals surface area contributed by atoms with Gasteiger partial charge in [0.1, 0.15) is 0 Å². The van der Waals surface area contributed by atoms with E-state index < -0.39 is 6.04 Å². The Labute approximate surface area is 133 Å². The van der Waals surface area contributed by atoms with Crippen molar-refractivity contribution in [1.82, 2.24) is 4.98 Å². The minimum Gasteiger partial charge on any atom is -0.494 e. The Morgan fingerprint density at radius 2 is 2.15 bits per heavy atom. The zero-order valence-corrected chi connectivity index (χ0v) is 13.9. The topological polar surface area (TPSA) is 48.1 Å². The van der Waals surface area contributed by atoms with Crippen molar-refractivity contribution >= 4 is 31.9 Å². The molecule has 2 rings (SSSR count). The summed E-state index contributed by atoms with van der Waals surface area (Å²) in [6.45, 7) is 0. The minimum atomic E-state index is -0.404. The van der Waals surface area contributed by atoms with Gasteiger partial charge in [-0.25, -0.2) is 4.39 Å². The van der Waals surface area contributed by atoms with E-state index in [9.17, 15) is 4.39 Å². The second kappa shape index (κ2) is 6.65. The molecule has 1 aromatic heterocycles. The third-order valence-corrected chi connectivity index (χ3v) is 3.96. The fourth-order valence-electron chi connectivity index (χ4n) is 1.90. The summed E-state index contributed by atoms with van der Waals surface area (Å²) in [7, 11) is 1.44. The maximum atomic E-state index is 14.1. The number of benzene rings is 1. The number of methoxy groups -OCH3 is 1. The van der Waals surface area contributed by atoms with Crippen LogP contribution in [0, 0.1) is 5.82 Å². The molecule has 0 aliphatic heterocycles. The number of ether oxygens (including phenoxy) is 1. The van der Waals surface area contributed by atoms with Crippen molar-refractivity contribution in [2.45, 2.75) is 12.5 Å². The first-order chi connectivity index (χ1) is 9.52. The third kappa shape index (κ3) is 3.37. The lowest BCUT2D eigenvalue weighted by Crippen LogP contribution is -2.16. The lowest BCUT2D eigenvalue weighted by molar-refractivity contribution is 0.383. The minimum absolute atomic E-state index is 0.220. The van der Waals surface area contributed by atoms with E-state index in [0.29, 0.717) is 17.7 Å². The highest BCUT2D eigenvalue weighted by atomic mass is 79.9. The van der Waals surface area contributed by atoms with Crippen molar-refractivity contribution in [3.63, 3.8) is 0 Å². The van der Waals surface area contributed by atoms with Gasteiger partial charge in [0.05, 0.1) is 18.8 Å². The van der Waals surface area contributed by atoms with Gasteiger partial charge in [-0.2, -0.15) is 0 Å². The predicted molar refractivity (Wildman–Crippen MR) is 83.2 cm³/mol. The molecule has 2 aromatic rings. The molecule has 0 amide bonds. The summed E-state index contributed by atoms with van der Waals surface area (Å²) in [4.78, 5) is 4.27. The first kappa shape index (κ1) is 15.4. The highest BCUT2D eigenvalue weighted by Gasteiger charge is 2.16. The summed E-state index contributed by atoms with van der Waals surface area (Å²) < 4.78 is 20.7. The van der Waals surface area contributed by atoms with E-state index in [1.165, 1.54) is 7.11 Å². The summed E-state index contributed by atoms with van der Waals surface area (Å²) in [5, 5.41) is 0. The second-order valence-corrected chi connectivity index (χ2v) is 6.03. The van der Waals surface area contributed by atoms with Crippen LogP contribution >= 0.6 is 31.9 Å². The molecule has 0 bridgehead atoms. The number of nitrogens with zero attached hydrogens (tertiary/aromatic N) is 1. The standard InChI is InChI=1S/C14H13Br2FN2O/c1-20-12-4-2-3-8(13(12)17)5-11(18)14-10(16)6-9(15)7-19-14/h2-4,6-7,11H,5,18H2,1H3. The number of aromatic nitrogens is 1. The van der Waals surface area contributed by atoms with Crippen LogP contribution in [0.15, 0.2) is 39.4 Å². The lowest BCUT2D eigenvalue weighted by Gasteiger charge is -2.14. The zero-order chi connectivity index (χ0) is 14.7. The molecule has 2 N–H and O–H groups in total. The maximum absolute atomic E-state index is 14.1. The normalized spacial score (nSPS) is 12.2. The predicted octanol–water partition coefficient (Wildman–Crippen LogP) is 4.00. The molecular formula is C14H13Br2FN2O. The molecule has 1 aromatic carbocycles. The Balaban J connectivity index is 2.25. The summed E-state index contributed by atoms with van der Waals surface area (Å²) in [5.74, 6) is -0.156. The van der Waals surface area contributed by atoms with Crippen molar-refractivity contribution in [2.24, 2.45) is 5.73 Å². The van der Waals surface area contributed by atoms with E-state index in [0.717, 1.165) is 8.95 Å². The Kier molecular flexibility index (Phi) is 5.12. The monoisotopic (exact) mass is 402 g/mol. The van der Waals surface area contributed by atoms with Crippen molar-refractivity contribution < 1.29 is 9.13 Å². The van der Waals surface area contributed by atoms with E-state index >= 15 is 0 Å². The number of hydrogen-bond donors (Lipinski definition) is 1. The summed E-state index contributed by atoms with van der Waals surface area (Å²) in [6.07, 6.45) is 2.01. The van der Waals surface area contributed by atoms with Gasteiger partial charge in [-0.1, -0.05) is 12.1 Å². The second-order valence-electron chi connectivity index (χ2n) is 4.26. The molecule has 0 aliphatic rings. The molecule has 0 aliphatic carbocycles. The molecule has 0 radical (unpaired) electrons. The lowest BCUT2D eigenvalue weighted by atomic mass is 10.0. The number of nitrogens with two attached hydrogens (primary N) is 1. The summed E-state index contributed by atoms with van der Waals surface area (Å²) >= 11 is 6.75. The quantitative estimate of drug-likeness (QED) is 0.839. The van der Waals surface area contributed by atoms with E-state index in [2.05, 4.69) is 36.8 Å². The van der Waals surface area contributed by atoms with Gasteiger partial charge in [0.15, 0.2) is 11.6 Å². The molecule has 6 heteroatoms. The molecule has 1 heterocycles. The Bertz CT molecular complexity index is 622. The van der Waals surface area contributed by atoms with Crippen molar-refractivity contribution in [2.75, 3.05) is 7.11 Å². The van der Waals surface area contributed by atoms with Crippen LogP contribution in [0.2, 0.25) is 0 Å². The fourth-order valence-corrected chi connectivity index (χ4v) is 3.18. The smallest absolute Gasteiger partial charge is 0.168 e. The summed E-state index contributed by atoms with van der Waals surface area (Å²) in [6, 6.07) is 6.49. The van der Waals surface area contributed by atoms with Gasteiger partial charge in [0, 0.05) is 15.1 Å². The average molecular weight is 404 g/mol. The van der Waals surface area contributed by atoms with E-state index in [1.54, 1.807) is 24.4 Å². The SMILES string of the molecule is COc1cccc(CC(N)c2ncc(Br)cc2Br)c1F.